The van der Waals surface area contributed by atoms with Crippen molar-refractivity contribution in [2.24, 2.45) is 10.8 Å². The normalized spacial score (nSPS) is 31.1. The molecule has 7 heteroatoms. The zero-order chi connectivity index (χ0) is 19.5. The molecular formula is C18H38NO5P. The van der Waals surface area contributed by atoms with Gasteiger partial charge < -0.3 is 29.4 Å². The maximum absolute atomic E-state index is 11.0. The Morgan fingerprint density at radius 3 is 2.32 bits per heavy atom. The van der Waals surface area contributed by atoms with Crippen molar-refractivity contribution in [3.05, 3.63) is 0 Å². The molecule has 0 saturated carbocycles. The van der Waals surface area contributed by atoms with E-state index in [0.29, 0.717) is 19.3 Å². The molecule has 1 fully saturated rings. The molecular weight excluding hydrogens is 341 g/mol. The molecule has 0 aromatic rings. The summed E-state index contributed by atoms with van der Waals surface area (Å²) < 4.78 is 5.72. The fourth-order valence-electron chi connectivity index (χ4n) is 4.46. The Balaban J connectivity index is 3.48. The van der Waals surface area contributed by atoms with Crippen LogP contribution >= 0.6 is 8.60 Å². The van der Waals surface area contributed by atoms with E-state index < -0.39 is 37.2 Å². The summed E-state index contributed by atoms with van der Waals surface area (Å²) in [6.07, 6.45) is 2.50. The SMILES string of the molecule is CCCCC(CC)(CO)C(OP(O)O)C1(C)C(O)CCN(C)C1(C)C. The molecule has 6 nitrogen and oxygen atoms in total. The van der Waals surface area contributed by atoms with E-state index in [1.54, 1.807) is 0 Å². The lowest BCUT2D eigenvalue weighted by Crippen LogP contribution is -2.70. The van der Waals surface area contributed by atoms with E-state index in [9.17, 15) is 20.0 Å². The number of piperidine rings is 1. The molecule has 0 aliphatic carbocycles. The van der Waals surface area contributed by atoms with E-state index in [2.05, 4.69) is 25.7 Å². The first-order valence-electron chi connectivity index (χ1n) is 9.38. The molecule has 1 rings (SSSR count). The van der Waals surface area contributed by atoms with E-state index in [0.717, 1.165) is 19.4 Å². The van der Waals surface area contributed by atoms with E-state index in [4.69, 9.17) is 4.52 Å². The zero-order valence-electron chi connectivity index (χ0n) is 16.7. The number of hydrogen-bond acceptors (Lipinski definition) is 6. The van der Waals surface area contributed by atoms with E-state index in [1.807, 2.05) is 20.9 Å². The van der Waals surface area contributed by atoms with Crippen molar-refractivity contribution >= 4 is 8.60 Å². The number of unbranched alkanes of at least 4 members (excludes halogenated alkanes) is 1. The lowest BCUT2D eigenvalue weighted by Gasteiger charge is -2.62. The number of aliphatic hydroxyl groups excluding tert-OH is 2. The molecule has 4 unspecified atom stereocenters. The molecule has 0 radical (unpaired) electrons. The third-order valence-corrected chi connectivity index (χ3v) is 7.45. The van der Waals surface area contributed by atoms with Crippen LogP contribution in [0.2, 0.25) is 0 Å². The summed E-state index contributed by atoms with van der Waals surface area (Å²) in [5.41, 5.74) is -1.84. The molecule has 1 heterocycles. The van der Waals surface area contributed by atoms with Gasteiger partial charge in [0, 0.05) is 22.9 Å². The van der Waals surface area contributed by atoms with Gasteiger partial charge in [0.25, 0.3) is 0 Å². The number of nitrogens with zero attached hydrogens (tertiary/aromatic N) is 1. The van der Waals surface area contributed by atoms with Gasteiger partial charge in [-0.3, -0.25) is 0 Å². The molecule has 25 heavy (non-hydrogen) atoms. The van der Waals surface area contributed by atoms with Gasteiger partial charge in [-0.05, 0) is 40.2 Å². The van der Waals surface area contributed by atoms with Gasteiger partial charge in [-0.15, -0.1) is 0 Å². The minimum absolute atomic E-state index is 0.112. The van der Waals surface area contributed by atoms with E-state index >= 15 is 0 Å². The van der Waals surface area contributed by atoms with Crippen LogP contribution in [0, 0.1) is 10.8 Å². The molecule has 150 valence electrons. The second-order valence-electron chi connectivity index (χ2n) is 8.28. The molecule has 1 aliphatic rings. The minimum Gasteiger partial charge on any atom is -0.396 e. The molecule has 0 bridgehead atoms. The highest BCUT2D eigenvalue weighted by molar-refractivity contribution is 7.39. The summed E-state index contributed by atoms with van der Waals surface area (Å²) in [5.74, 6) is 0. The van der Waals surface area contributed by atoms with Gasteiger partial charge in [-0.25, -0.2) is 0 Å². The summed E-state index contributed by atoms with van der Waals surface area (Å²) >= 11 is 0. The number of aliphatic hydroxyl groups is 2. The number of likely N-dealkylation sites (tertiary alicyclic amines) is 1. The highest BCUT2D eigenvalue weighted by Crippen LogP contribution is 2.56. The fraction of sp³-hybridized carbons (Fsp3) is 1.00. The highest BCUT2D eigenvalue weighted by atomic mass is 31.2. The summed E-state index contributed by atoms with van der Waals surface area (Å²) in [4.78, 5) is 21.6. The first-order chi connectivity index (χ1) is 11.5. The highest BCUT2D eigenvalue weighted by Gasteiger charge is 2.61. The first-order valence-corrected chi connectivity index (χ1v) is 10.5. The van der Waals surface area contributed by atoms with Crippen LogP contribution in [0.25, 0.3) is 0 Å². The van der Waals surface area contributed by atoms with Crippen molar-refractivity contribution in [2.45, 2.75) is 84.5 Å². The summed E-state index contributed by atoms with van der Waals surface area (Å²) in [6.45, 7) is 10.8. The predicted molar refractivity (Wildman–Crippen MR) is 101 cm³/mol. The summed E-state index contributed by atoms with van der Waals surface area (Å²) in [6, 6.07) is 0. The van der Waals surface area contributed by atoms with Crippen LogP contribution in [0.15, 0.2) is 0 Å². The third-order valence-electron chi connectivity index (χ3n) is 7.05. The molecule has 1 saturated heterocycles. The van der Waals surface area contributed by atoms with Crippen molar-refractivity contribution in [1.29, 1.82) is 0 Å². The predicted octanol–water partition coefficient (Wildman–Crippen LogP) is 2.64. The topological polar surface area (TPSA) is 93.4 Å². The standard InChI is InChI=1S/C18H38NO5P/c1-7-9-11-18(8-2,13-20)15(24-25(22)23)17(5)14(21)10-12-19(6)16(17,3)4/h14-15,20-23H,7-13H2,1-6H3. The molecule has 4 N–H and O–H groups in total. The maximum Gasteiger partial charge on any atom is 0.327 e. The van der Waals surface area contributed by atoms with Crippen LogP contribution in [0.5, 0.6) is 0 Å². The van der Waals surface area contributed by atoms with Crippen molar-refractivity contribution in [1.82, 2.24) is 4.90 Å². The zero-order valence-corrected chi connectivity index (χ0v) is 17.6. The summed E-state index contributed by atoms with van der Waals surface area (Å²) in [5, 5.41) is 21.3. The Morgan fingerprint density at radius 2 is 1.88 bits per heavy atom. The Kier molecular flexibility index (Phi) is 8.29. The Bertz CT molecular complexity index is 416. The van der Waals surface area contributed by atoms with Crippen molar-refractivity contribution < 1.29 is 24.5 Å². The average molecular weight is 379 g/mol. The lowest BCUT2D eigenvalue weighted by atomic mass is 9.54. The Labute approximate surface area is 154 Å². The van der Waals surface area contributed by atoms with E-state index in [-0.39, 0.29) is 6.61 Å². The van der Waals surface area contributed by atoms with Gasteiger partial charge >= 0.3 is 8.60 Å². The van der Waals surface area contributed by atoms with Crippen LogP contribution in [-0.2, 0) is 4.52 Å². The fourth-order valence-corrected chi connectivity index (χ4v) is 5.09. The van der Waals surface area contributed by atoms with Crippen LogP contribution in [0.1, 0.15) is 66.7 Å². The van der Waals surface area contributed by atoms with Crippen LogP contribution in [0.4, 0.5) is 0 Å². The van der Waals surface area contributed by atoms with Gasteiger partial charge in [0.15, 0.2) is 0 Å². The van der Waals surface area contributed by atoms with Crippen LogP contribution in [-0.4, -0.2) is 62.8 Å². The average Bonchev–Trinajstić information content (AvgIpc) is 2.57. The van der Waals surface area contributed by atoms with Crippen molar-refractivity contribution in [3.8, 4) is 0 Å². The quantitative estimate of drug-likeness (QED) is 0.460. The van der Waals surface area contributed by atoms with Gasteiger partial charge in [-0.1, -0.05) is 33.6 Å². The van der Waals surface area contributed by atoms with Crippen LogP contribution < -0.4 is 0 Å². The lowest BCUT2D eigenvalue weighted by molar-refractivity contribution is -0.203. The van der Waals surface area contributed by atoms with Gasteiger partial charge in [0.1, 0.15) is 0 Å². The minimum atomic E-state index is -2.60. The van der Waals surface area contributed by atoms with Gasteiger partial charge in [0.2, 0.25) is 0 Å². The maximum atomic E-state index is 11.0. The number of hydrogen-bond donors (Lipinski definition) is 4. The monoisotopic (exact) mass is 379 g/mol. The van der Waals surface area contributed by atoms with Crippen molar-refractivity contribution in [3.63, 3.8) is 0 Å². The number of rotatable bonds is 9. The first kappa shape index (κ1) is 23.2. The van der Waals surface area contributed by atoms with Crippen molar-refractivity contribution in [2.75, 3.05) is 20.2 Å². The summed E-state index contributed by atoms with van der Waals surface area (Å²) in [7, 11) is -0.588. The molecule has 4 atom stereocenters. The molecule has 1 aliphatic heterocycles. The van der Waals surface area contributed by atoms with Gasteiger partial charge in [-0.2, -0.15) is 0 Å². The van der Waals surface area contributed by atoms with Crippen LogP contribution in [0.3, 0.4) is 0 Å². The van der Waals surface area contributed by atoms with Gasteiger partial charge in [0.05, 0.1) is 18.8 Å². The molecule has 0 spiro atoms. The third kappa shape index (κ3) is 4.21. The second kappa shape index (κ2) is 8.92. The Hall–Kier alpha value is 0.190. The second-order valence-corrected chi connectivity index (χ2v) is 9.00. The van der Waals surface area contributed by atoms with E-state index in [1.165, 1.54) is 0 Å². The Morgan fingerprint density at radius 1 is 1.28 bits per heavy atom. The molecule has 0 amide bonds. The molecule has 0 aromatic carbocycles. The smallest absolute Gasteiger partial charge is 0.327 e. The largest absolute Gasteiger partial charge is 0.396 e. The molecule has 0 aromatic heterocycles.